The monoisotopic (exact) mass is 321 g/mol. The zero-order valence-electron chi connectivity index (χ0n) is 12.9. The minimum atomic E-state index is 0.0117. The number of nitrogens with zero attached hydrogens (tertiary/aromatic N) is 2. The lowest BCUT2D eigenvalue weighted by Gasteiger charge is -2.29. The molecule has 0 radical (unpaired) electrons. The Morgan fingerprint density at radius 3 is 2.73 bits per heavy atom. The number of rotatable bonds is 6. The number of hydrogen-bond donors (Lipinski definition) is 1. The van der Waals surface area contributed by atoms with Gasteiger partial charge in [-0.15, -0.1) is 0 Å². The molecule has 120 valence electrons. The lowest BCUT2D eigenvalue weighted by molar-refractivity contribution is -0.117. The van der Waals surface area contributed by atoms with Crippen LogP contribution in [0.4, 0.5) is 5.69 Å². The van der Waals surface area contributed by atoms with E-state index in [4.69, 9.17) is 11.6 Å². The van der Waals surface area contributed by atoms with Crippen molar-refractivity contribution in [2.75, 3.05) is 18.4 Å². The van der Waals surface area contributed by atoms with Crippen LogP contribution in [-0.2, 0) is 4.79 Å². The summed E-state index contributed by atoms with van der Waals surface area (Å²) in [4.78, 5) is 18.7. The summed E-state index contributed by atoms with van der Waals surface area (Å²) in [5.74, 6) is 0.779. The van der Waals surface area contributed by atoms with Crippen molar-refractivity contribution in [1.29, 1.82) is 0 Å². The first kappa shape index (κ1) is 15.8. The number of hydrogen-bond acceptors (Lipinski definition) is 3. The Labute approximate surface area is 137 Å². The third-order valence-electron chi connectivity index (χ3n) is 4.66. The highest BCUT2D eigenvalue weighted by molar-refractivity contribution is 6.32. The van der Waals surface area contributed by atoms with Gasteiger partial charge in [-0.3, -0.25) is 9.69 Å². The number of amides is 1. The maximum Gasteiger partial charge on any atom is 0.238 e. The molecule has 2 fully saturated rings. The molecule has 1 N–H and O–H groups in total. The van der Waals surface area contributed by atoms with Crippen LogP contribution >= 0.6 is 11.6 Å². The Kier molecular flexibility index (Phi) is 5.32. The van der Waals surface area contributed by atoms with E-state index in [-0.39, 0.29) is 5.91 Å². The second-order valence-electron chi connectivity index (χ2n) is 6.55. The van der Waals surface area contributed by atoms with E-state index >= 15 is 0 Å². The van der Waals surface area contributed by atoms with Gasteiger partial charge in [0.2, 0.25) is 5.91 Å². The zero-order valence-corrected chi connectivity index (χ0v) is 13.7. The fraction of sp³-hybridized carbons (Fsp3) is 0.647. The molecule has 2 aliphatic rings. The molecule has 0 spiro atoms. The van der Waals surface area contributed by atoms with Crippen molar-refractivity contribution in [2.45, 2.75) is 51.0 Å². The summed E-state index contributed by atoms with van der Waals surface area (Å²) in [7, 11) is 0. The Morgan fingerprint density at radius 1 is 1.27 bits per heavy atom. The quantitative estimate of drug-likeness (QED) is 0.812. The number of halogens is 1. The van der Waals surface area contributed by atoms with E-state index in [1.54, 1.807) is 18.3 Å². The van der Waals surface area contributed by atoms with Crippen LogP contribution in [0, 0.1) is 5.92 Å². The van der Waals surface area contributed by atoms with Crippen molar-refractivity contribution < 1.29 is 4.79 Å². The molecule has 3 rings (SSSR count). The molecule has 0 unspecified atom stereocenters. The van der Waals surface area contributed by atoms with Gasteiger partial charge in [0.15, 0.2) is 5.15 Å². The number of aromatic nitrogens is 1. The van der Waals surface area contributed by atoms with Crippen molar-refractivity contribution in [3.63, 3.8) is 0 Å². The molecule has 0 saturated heterocycles. The van der Waals surface area contributed by atoms with E-state index in [1.165, 1.54) is 44.9 Å². The fourth-order valence-corrected chi connectivity index (χ4v) is 3.50. The average Bonchev–Trinajstić information content (AvgIpc) is 3.35. The zero-order chi connectivity index (χ0) is 15.4. The van der Waals surface area contributed by atoms with E-state index in [2.05, 4.69) is 15.2 Å². The molecule has 22 heavy (non-hydrogen) atoms. The van der Waals surface area contributed by atoms with E-state index in [0.717, 1.165) is 12.5 Å². The molecule has 1 amide bonds. The van der Waals surface area contributed by atoms with Gasteiger partial charge in [-0.25, -0.2) is 4.98 Å². The molecule has 2 aliphatic carbocycles. The highest BCUT2D eigenvalue weighted by atomic mass is 35.5. The smallest absolute Gasteiger partial charge is 0.238 e. The second kappa shape index (κ2) is 7.42. The number of pyridine rings is 1. The Hall–Kier alpha value is -1.13. The van der Waals surface area contributed by atoms with Crippen LogP contribution in [0.15, 0.2) is 18.3 Å². The van der Waals surface area contributed by atoms with Crippen LogP contribution in [-0.4, -0.2) is 34.9 Å². The van der Waals surface area contributed by atoms with Crippen molar-refractivity contribution in [3.8, 4) is 0 Å². The van der Waals surface area contributed by atoms with Gasteiger partial charge in [-0.2, -0.15) is 0 Å². The van der Waals surface area contributed by atoms with Crippen LogP contribution in [0.3, 0.4) is 0 Å². The van der Waals surface area contributed by atoms with Crippen molar-refractivity contribution in [3.05, 3.63) is 23.5 Å². The molecule has 0 atom stereocenters. The number of nitrogens with one attached hydrogen (secondary N) is 1. The molecule has 1 heterocycles. The Bertz CT molecular complexity index is 512. The van der Waals surface area contributed by atoms with Crippen molar-refractivity contribution in [2.24, 2.45) is 5.92 Å². The van der Waals surface area contributed by atoms with Crippen molar-refractivity contribution in [1.82, 2.24) is 9.88 Å². The first-order valence-corrected chi connectivity index (χ1v) is 8.74. The SMILES string of the molecule is O=C(CN(CC1CCCCC1)C1CC1)Nc1cccnc1Cl. The first-order chi connectivity index (χ1) is 10.7. The van der Waals surface area contributed by atoms with E-state index < -0.39 is 0 Å². The highest BCUT2D eigenvalue weighted by Gasteiger charge is 2.32. The van der Waals surface area contributed by atoms with Gasteiger partial charge in [-0.05, 0) is 43.7 Å². The van der Waals surface area contributed by atoms with Crippen LogP contribution in [0.5, 0.6) is 0 Å². The molecule has 5 heteroatoms. The normalized spacial score (nSPS) is 19.4. The van der Waals surface area contributed by atoms with E-state index in [0.29, 0.717) is 23.4 Å². The second-order valence-corrected chi connectivity index (χ2v) is 6.91. The standard InChI is InChI=1S/C17H24ClN3O/c18-17-15(7-4-10-19-17)20-16(22)12-21(14-8-9-14)11-13-5-2-1-3-6-13/h4,7,10,13-14H,1-3,5-6,8-9,11-12H2,(H,20,22). The topological polar surface area (TPSA) is 45.2 Å². The number of carbonyl (C=O) groups is 1. The highest BCUT2D eigenvalue weighted by Crippen LogP contribution is 2.31. The molecule has 2 saturated carbocycles. The molecule has 1 aromatic rings. The third kappa shape index (κ3) is 4.43. The minimum absolute atomic E-state index is 0.0117. The number of carbonyl (C=O) groups excluding carboxylic acids is 1. The molecule has 0 aromatic carbocycles. The van der Waals surface area contributed by atoms with Gasteiger partial charge < -0.3 is 5.32 Å². The largest absolute Gasteiger partial charge is 0.322 e. The minimum Gasteiger partial charge on any atom is -0.322 e. The van der Waals surface area contributed by atoms with Crippen LogP contribution in [0.1, 0.15) is 44.9 Å². The van der Waals surface area contributed by atoms with Gasteiger partial charge in [-0.1, -0.05) is 30.9 Å². The predicted octanol–water partition coefficient (Wildman–Crippen LogP) is 3.72. The summed E-state index contributed by atoms with van der Waals surface area (Å²) >= 11 is 6.00. The maximum absolute atomic E-state index is 12.3. The molecule has 0 aliphatic heterocycles. The summed E-state index contributed by atoms with van der Waals surface area (Å²) < 4.78 is 0. The van der Waals surface area contributed by atoms with Gasteiger partial charge in [0.25, 0.3) is 0 Å². The maximum atomic E-state index is 12.3. The number of anilines is 1. The van der Waals surface area contributed by atoms with Gasteiger partial charge in [0.05, 0.1) is 12.2 Å². The van der Waals surface area contributed by atoms with Crippen LogP contribution in [0.2, 0.25) is 5.15 Å². The molecule has 0 bridgehead atoms. The van der Waals surface area contributed by atoms with Crippen LogP contribution < -0.4 is 5.32 Å². The summed E-state index contributed by atoms with van der Waals surface area (Å²) in [5, 5.41) is 3.23. The Balaban J connectivity index is 1.54. The van der Waals surface area contributed by atoms with Gasteiger partial charge in [0.1, 0.15) is 0 Å². The lowest BCUT2D eigenvalue weighted by Crippen LogP contribution is -2.38. The molecular weight excluding hydrogens is 298 g/mol. The molecule has 4 nitrogen and oxygen atoms in total. The van der Waals surface area contributed by atoms with E-state index in [9.17, 15) is 4.79 Å². The summed E-state index contributed by atoms with van der Waals surface area (Å²) in [6.07, 6.45) is 10.8. The van der Waals surface area contributed by atoms with Gasteiger partial charge >= 0.3 is 0 Å². The summed E-state index contributed by atoms with van der Waals surface area (Å²) in [6, 6.07) is 4.18. The predicted molar refractivity (Wildman–Crippen MR) is 89.0 cm³/mol. The summed E-state index contributed by atoms with van der Waals surface area (Å²) in [6.45, 7) is 1.53. The van der Waals surface area contributed by atoms with Gasteiger partial charge in [0, 0.05) is 18.8 Å². The van der Waals surface area contributed by atoms with E-state index in [1.807, 2.05) is 0 Å². The Morgan fingerprint density at radius 2 is 2.05 bits per heavy atom. The lowest BCUT2D eigenvalue weighted by atomic mass is 9.89. The summed E-state index contributed by atoms with van der Waals surface area (Å²) in [5.41, 5.74) is 0.600. The van der Waals surface area contributed by atoms with Crippen molar-refractivity contribution >= 4 is 23.2 Å². The van der Waals surface area contributed by atoms with Crippen LogP contribution in [0.25, 0.3) is 0 Å². The molecular formula is C17H24ClN3O. The molecule has 1 aromatic heterocycles. The first-order valence-electron chi connectivity index (χ1n) is 8.37. The third-order valence-corrected chi connectivity index (χ3v) is 4.96. The average molecular weight is 322 g/mol. The fourth-order valence-electron chi connectivity index (χ4n) is 3.34.